The molecule has 0 fully saturated rings. The summed E-state index contributed by atoms with van der Waals surface area (Å²) in [4.78, 5) is 0. The molecule has 0 aliphatic rings. The molecule has 4 aromatic rings. The van der Waals surface area contributed by atoms with E-state index in [1.807, 2.05) is 78.9 Å². The van der Waals surface area contributed by atoms with Gasteiger partial charge in [0.15, 0.2) is 0 Å². The molecule has 0 amide bonds. The fourth-order valence-electron chi connectivity index (χ4n) is 3.86. The van der Waals surface area contributed by atoms with Crippen molar-refractivity contribution in [1.29, 1.82) is 0 Å². The Balaban J connectivity index is 1.37. The standard InChI is InChI=1S/C30H32N2O4/c1-33-25-13-9-22(10-14-25)17-18-31-21-28-29(34-2)19-27(20-30(28)35-3)36-26-15-11-24(12-16-26)32-23-7-5-4-6-8-23/h4-16,19-20,31-32H,17-18,21H2,1-3H3. The second-order valence-corrected chi connectivity index (χ2v) is 8.20. The average Bonchev–Trinajstić information content (AvgIpc) is 2.93. The Morgan fingerprint density at radius 3 is 1.83 bits per heavy atom. The first kappa shape index (κ1) is 24.9. The number of hydrogen-bond donors (Lipinski definition) is 2. The number of para-hydroxylation sites is 1. The highest BCUT2D eigenvalue weighted by Crippen LogP contribution is 2.36. The first-order valence-electron chi connectivity index (χ1n) is 11.9. The molecular weight excluding hydrogens is 452 g/mol. The first-order chi connectivity index (χ1) is 17.7. The second kappa shape index (κ2) is 12.5. The molecule has 2 N–H and O–H groups in total. The van der Waals surface area contributed by atoms with Crippen molar-refractivity contribution in [3.63, 3.8) is 0 Å². The third kappa shape index (κ3) is 6.71. The van der Waals surface area contributed by atoms with E-state index >= 15 is 0 Å². The van der Waals surface area contributed by atoms with Crippen LogP contribution in [0, 0.1) is 0 Å². The minimum atomic E-state index is 0.614. The van der Waals surface area contributed by atoms with Gasteiger partial charge in [-0.25, -0.2) is 0 Å². The molecular formula is C30H32N2O4. The molecule has 0 spiro atoms. The third-order valence-electron chi connectivity index (χ3n) is 5.79. The van der Waals surface area contributed by atoms with Gasteiger partial charge in [-0.3, -0.25) is 0 Å². The summed E-state index contributed by atoms with van der Waals surface area (Å²) in [6.07, 6.45) is 0.908. The van der Waals surface area contributed by atoms with Crippen molar-refractivity contribution >= 4 is 11.4 Å². The van der Waals surface area contributed by atoms with Crippen LogP contribution in [-0.2, 0) is 13.0 Å². The molecule has 0 aliphatic heterocycles. The molecule has 36 heavy (non-hydrogen) atoms. The molecule has 0 heterocycles. The predicted octanol–water partition coefficient (Wildman–Crippen LogP) is 6.58. The number of anilines is 2. The Hall–Kier alpha value is -4.16. The van der Waals surface area contributed by atoms with Crippen molar-refractivity contribution in [3.8, 4) is 28.7 Å². The second-order valence-electron chi connectivity index (χ2n) is 8.20. The molecule has 0 unspecified atom stereocenters. The Labute approximate surface area is 212 Å². The molecule has 186 valence electrons. The zero-order valence-electron chi connectivity index (χ0n) is 20.9. The van der Waals surface area contributed by atoms with Gasteiger partial charge in [-0.1, -0.05) is 30.3 Å². The van der Waals surface area contributed by atoms with E-state index in [1.54, 1.807) is 21.3 Å². The van der Waals surface area contributed by atoms with Crippen molar-refractivity contribution in [2.75, 3.05) is 33.2 Å². The molecule has 0 atom stereocenters. The van der Waals surface area contributed by atoms with Crippen LogP contribution in [0.15, 0.2) is 91.0 Å². The lowest BCUT2D eigenvalue weighted by molar-refractivity contribution is 0.375. The Morgan fingerprint density at radius 1 is 0.611 bits per heavy atom. The number of ether oxygens (including phenoxy) is 4. The number of hydrogen-bond acceptors (Lipinski definition) is 6. The molecule has 4 rings (SSSR count). The van der Waals surface area contributed by atoms with E-state index in [0.29, 0.717) is 23.8 Å². The van der Waals surface area contributed by atoms with Crippen LogP contribution < -0.4 is 29.6 Å². The van der Waals surface area contributed by atoms with E-state index in [4.69, 9.17) is 18.9 Å². The van der Waals surface area contributed by atoms with Crippen LogP contribution in [0.25, 0.3) is 0 Å². The lowest BCUT2D eigenvalue weighted by Gasteiger charge is -2.16. The summed E-state index contributed by atoms with van der Waals surface area (Å²) in [5.41, 5.74) is 4.22. The maximum atomic E-state index is 6.11. The fraction of sp³-hybridized carbons (Fsp3) is 0.200. The van der Waals surface area contributed by atoms with Crippen molar-refractivity contribution in [3.05, 3.63) is 102 Å². The van der Waals surface area contributed by atoms with E-state index in [1.165, 1.54) is 5.56 Å². The van der Waals surface area contributed by atoms with Gasteiger partial charge in [0.25, 0.3) is 0 Å². The summed E-state index contributed by atoms with van der Waals surface area (Å²) in [6, 6.07) is 29.8. The van der Waals surface area contributed by atoms with E-state index in [2.05, 4.69) is 22.8 Å². The van der Waals surface area contributed by atoms with E-state index in [9.17, 15) is 0 Å². The lowest BCUT2D eigenvalue weighted by atomic mass is 10.1. The third-order valence-corrected chi connectivity index (χ3v) is 5.79. The van der Waals surface area contributed by atoms with Crippen molar-refractivity contribution in [2.45, 2.75) is 13.0 Å². The van der Waals surface area contributed by atoms with Crippen LogP contribution in [0.4, 0.5) is 11.4 Å². The number of nitrogens with one attached hydrogen (secondary N) is 2. The highest BCUT2D eigenvalue weighted by atomic mass is 16.5. The Morgan fingerprint density at radius 2 is 1.22 bits per heavy atom. The minimum Gasteiger partial charge on any atom is -0.497 e. The molecule has 6 nitrogen and oxygen atoms in total. The number of rotatable bonds is 12. The lowest BCUT2D eigenvalue weighted by Crippen LogP contribution is -2.17. The van der Waals surface area contributed by atoms with Crippen molar-refractivity contribution < 1.29 is 18.9 Å². The summed E-state index contributed by atoms with van der Waals surface area (Å²) in [7, 11) is 4.99. The van der Waals surface area contributed by atoms with Crippen LogP contribution in [0.1, 0.15) is 11.1 Å². The maximum Gasteiger partial charge on any atom is 0.134 e. The first-order valence-corrected chi connectivity index (χ1v) is 11.9. The molecule has 0 bridgehead atoms. The van der Waals surface area contributed by atoms with Gasteiger partial charge in [-0.05, 0) is 67.1 Å². The van der Waals surface area contributed by atoms with Gasteiger partial charge in [-0.15, -0.1) is 0 Å². The molecule has 0 saturated heterocycles. The molecule has 0 saturated carbocycles. The smallest absolute Gasteiger partial charge is 0.134 e. The van der Waals surface area contributed by atoms with Gasteiger partial charge in [-0.2, -0.15) is 0 Å². The normalized spacial score (nSPS) is 10.5. The average molecular weight is 485 g/mol. The van der Waals surface area contributed by atoms with E-state index < -0.39 is 0 Å². The van der Waals surface area contributed by atoms with Crippen LogP contribution in [0.2, 0.25) is 0 Å². The Bertz CT molecular complexity index is 1200. The van der Waals surface area contributed by atoms with Crippen LogP contribution >= 0.6 is 0 Å². The van der Waals surface area contributed by atoms with Gasteiger partial charge in [0.2, 0.25) is 0 Å². The molecule has 6 heteroatoms. The zero-order chi connectivity index (χ0) is 25.2. The topological polar surface area (TPSA) is 61.0 Å². The van der Waals surface area contributed by atoms with Gasteiger partial charge in [0, 0.05) is 30.1 Å². The zero-order valence-corrected chi connectivity index (χ0v) is 20.9. The van der Waals surface area contributed by atoms with Crippen LogP contribution in [0.3, 0.4) is 0 Å². The summed E-state index contributed by atoms with van der Waals surface area (Å²) >= 11 is 0. The van der Waals surface area contributed by atoms with Crippen molar-refractivity contribution in [2.24, 2.45) is 0 Å². The van der Waals surface area contributed by atoms with Crippen LogP contribution in [-0.4, -0.2) is 27.9 Å². The monoisotopic (exact) mass is 484 g/mol. The highest BCUT2D eigenvalue weighted by molar-refractivity contribution is 5.60. The number of methoxy groups -OCH3 is 3. The Kier molecular flexibility index (Phi) is 8.67. The van der Waals surface area contributed by atoms with Gasteiger partial charge in [0.05, 0.1) is 26.9 Å². The molecule has 0 aromatic heterocycles. The fourth-order valence-corrected chi connectivity index (χ4v) is 3.86. The largest absolute Gasteiger partial charge is 0.497 e. The summed E-state index contributed by atoms with van der Waals surface area (Å²) in [5, 5.41) is 6.86. The number of benzene rings is 4. The van der Waals surface area contributed by atoms with E-state index in [-0.39, 0.29) is 0 Å². The van der Waals surface area contributed by atoms with Gasteiger partial charge in [0.1, 0.15) is 28.7 Å². The highest BCUT2D eigenvalue weighted by Gasteiger charge is 2.14. The van der Waals surface area contributed by atoms with Crippen LogP contribution in [0.5, 0.6) is 28.7 Å². The van der Waals surface area contributed by atoms with Gasteiger partial charge >= 0.3 is 0 Å². The molecule has 4 aromatic carbocycles. The molecule has 0 aliphatic carbocycles. The quantitative estimate of drug-likeness (QED) is 0.222. The molecule has 0 radical (unpaired) electrons. The maximum absolute atomic E-state index is 6.11. The summed E-state index contributed by atoms with van der Waals surface area (Å²) in [5.74, 6) is 3.66. The van der Waals surface area contributed by atoms with Crippen molar-refractivity contribution in [1.82, 2.24) is 5.32 Å². The van der Waals surface area contributed by atoms with E-state index in [0.717, 1.165) is 41.4 Å². The predicted molar refractivity (Wildman–Crippen MR) is 144 cm³/mol. The minimum absolute atomic E-state index is 0.614. The summed E-state index contributed by atoms with van der Waals surface area (Å²) in [6.45, 7) is 1.43. The SMILES string of the molecule is COc1ccc(CCNCc2c(OC)cc(Oc3ccc(Nc4ccccc4)cc3)cc2OC)cc1. The summed E-state index contributed by atoms with van der Waals surface area (Å²) < 4.78 is 22.7. The van der Waals surface area contributed by atoms with Gasteiger partial charge < -0.3 is 29.6 Å².